The third kappa shape index (κ3) is 4.10. The molecule has 2 aromatic carbocycles. The van der Waals surface area contributed by atoms with E-state index in [1.54, 1.807) is 42.6 Å². The topological polar surface area (TPSA) is 122 Å². The van der Waals surface area contributed by atoms with E-state index in [4.69, 9.17) is 14.2 Å². The Balaban J connectivity index is 1.76. The van der Waals surface area contributed by atoms with Crippen LogP contribution in [-0.2, 0) is 0 Å². The molecule has 4 rings (SSSR count). The molecule has 0 bridgehead atoms. The number of anilines is 2. The van der Waals surface area contributed by atoms with Crippen molar-refractivity contribution in [2.75, 3.05) is 19.5 Å². The number of nitrogens with one attached hydrogen (secondary N) is 1. The van der Waals surface area contributed by atoms with Crippen LogP contribution in [0.1, 0.15) is 0 Å². The number of nitro groups is 1. The van der Waals surface area contributed by atoms with E-state index in [0.717, 1.165) is 9.86 Å². The third-order valence-electron chi connectivity index (χ3n) is 4.52. The van der Waals surface area contributed by atoms with Crippen LogP contribution in [0.5, 0.6) is 23.1 Å². The van der Waals surface area contributed by atoms with Gasteiger partial charge in [0.15, 0.2) is 5.75 Å². The van der Waals surface area contributed by atoms with Crippen LogP contribution in [-0.4, -0.2) is 34.1 Å². The molecule has 11 heteroatoms. The lowest BCUT2D eigenvalue weighted by Gasteiger charge is -2.13. The van der Waals surface area contributed by atoms with Gasteiger partial charge in [0.25, 0.3) is 0 Å². The molecule has 0 aliphatic heterocycles. The van der Waals surface area contributed by atoms with E-state index < -0.39 is 10.6 Å². The van der Waals surface area contributed by atoms with Gasteiger partial charge in [0.2, 0.25) is 5.82 Å². The molecule has 0 atom stereocenters. The molecule has 2 heterocycles. The number of ether oxygens (including phenoxy) is 3. The number of rotatable bonds is 7. The van der Waals surface area contributed by atoms with Crippen molar-refractivity contribution < 1.29 is 19.1 Å². The second-order valence-electron chi connectivity index (χ2n) is 6.37. The van der Waals surface area contributed by atoms with E-state index in [0.29, 0.717) is 28.5 Å². The Bertz CT molecular complexity index is 1320. The van der Waals surface area contributed by atoms with E-state index >= 15 is 0 Å². The van der Waals surface area contributed by atoms with Crippen LogP contribution in [0.3, 0.4) is 0 Å². The minimum absolute atomic E-state index is 0.0576. The molecule has 4 aromatic rings. The quantitative estimate of drug-likeness (QED) is 0.269. The predicted octanol–water partition coefficient (Wildman–Crippen LogP) is 5.25. The summed E-state index contributed by atoms with van der Waals surface area (Å²) in [7, 11) is 3.01. The normalized spacial score (nSPS) is 10.6. The van der Waals surface area contributed by atoms with Gasteiger partial charge in [0, 0.05) is 22.1 Å². The van der Waals surface area contributed by atoms with Crippen LogP contribution >= 0.6 is 15.9 Å². The van der Waals surface area contributed by atoms with Crippen molar-refractivity contribution in [1.82, 2.24) is 15.0 Å². The summed E-state index contributed by atoms with van der Waals surface area (Å²) in [4.78, 5) is 23.7. The highest BCUT2D eigenvalue weighted by Gasteiger charge is 2.26. The lowest BCUT2D eigenvalue weighted by molar-refractivity contribution is -0.385. The minimum Gasteiger partial charge on any atom is -0.497 e. The number of benzene rings is 2. The Morgan fingerprint density at radius 2 is 1.88 bits per heavy atom. The van der Waals surface area contributed by atoms with Crippen molar-refractivity contribution >= 4 is 44.0 Å². The SMILES string of the molecule is COc1ccc(Nc2ncnc(Oc3ccc(Br)c4cccnc34)c2[N+](=O)[O-])c(OC)c1. The van der Waals surface area contributed by atoms with Gasteiger partial charge in [-0.3, -0.25) is 15.1 Å². The summed E-state index contributed by atoms with van der Waals surface area (Å²) < 4.78 is 17.2. The number of hydrogen-bond acceptors (Lipinski definition) is 9. The van der Waals surface area contributed by atoms with Gasteiger partial charge in [0.1, 0.15) is 23.3 Å². The Kier molecular flexibility index (Phi) is 5.99. The summed E-state index contributed by atoms with van der Waals surface area (Å²) in [6.07, 6.45) is 2.79. The maximum absolute atomic E-state index is 11.9. The summed E-state index contributed by atoms with van der Waals surface area (Å²) in [6.45, 7) is 0. The smallest absolute Gasteiger partial charge is 0.373 e. The van der Waals surface area contributed by atoms with Crippen molar-refractivity contribution in [1.29, 1.82) is 0 Å². The van der Waals surface area contributed by atoms with Gasteiger partial charge in [0.05, 0.1) is 24.8 Å². The number of fused-ring (bicyclic) bond motifs is 1. The number of methoxy groups -OCH3 is 2. The van der Waals surface area contributed by atoms with Gasteiger partial charge in [-0.1, -0.05) is 22.0 Å². The Morgan fingerprint density at radius 3 is 2.62 bits per heavy atom. The molecule has 0 aliphatic carbocycles. The van der Waals surface area contributed by atoms with Crippen molar-refractivity contribution in [3.63, 3.8) is 0 Å². The third-order valence-corrected chi connectivity index (χ3v) is 5.21. The molecule has 0 amide bonds. The first-order valence-electron chi connectivity index (χ1n) is 9.21. The number of pyridine rings is 1. The highest BCUT2D eigenvalue weighted by Crippen LogP contribution is 2.40. The van der Waals surface area contributed by atoms with Gasteiger partial charge >= 0.3 is 11.6 Å². The molecule has 10 nitrogen and oxygen atoms in total. The zero-order valence-electron chi connectivity index (χ0n) is 16.9. The molecule has 0 radical (unpaired) electrons. The van der Waals surface area contributed by atoms with Gasteiger partial charge < -0.3 is 19.5 Å². The fourth-order valence-electron chi connectivity index (χ4n) is 3.02. The number of hydrogen-bond donors (Lipinski definition) is 1. The Morgan fingerprint density at radius 1 is 1.03 bits per heavy atom. The molecule has 2 aromatic heterocycles. The standard InChI is InChI=1S/C21H16BrN5O5/c1-30-12-5-7-15(17(10-12)31-2)26-20-19(27(28)29)21(25-11-24-20)32-16-8-6-14(22)13-4-3-9-23-18(13)16/h3-11H,1-2H3,(H,24,25,26). The van der Waals surface area contributed by atoms with Crippen molar-refractivity contribution in [2.24, 2.45) is 0 Å². The maximum atomic E-state index is 11.9. The number of aromatic nitrogens is 3. The second kappa shape index (κ2) is 9.02. The van der Waals surface area contributed by atoms with Crippen LogP contribution < -0.4 is 19.5 Å². The molecule has 162 valence electrons. The Hall–Kier alpha value is -3.99. The van der Waals surface area contributed by atoms with Gasteiger partial charge in [-0.15, -0.1) is 0 Å². The highest BCUT2D eigenvalue weighted by atomic mass is 79.9. The average molecular weight is 498 g/mol. The molecule has 32 heavy (non-hydrogen) atoms. The zero-order chi connectivity index (χ0) is 22.7. The van der Waals surface area contributed by atoms with Crippen LogP contribution in [0.2, 0.25) is 0 Å². The summed E-state index contributed by atoms with van der Waals surface area (Å²) in [6, 6.07) is 12.1. The average Bonchev–Trinajstić information content (AvgIpc) is 2.81. The van der Waals surface area contributed by atoms with Crippen molar-refractivity contribution in [3.05, 3.63) is 69.6 Å². The van der Waals surface area contributed by atoms with E-state index in [2.05, 4.69) is 36.2 Å². The molecule has 1 N–H and O–H groups in total. The lowest BCUT2D eigenvalue weighted by atomic mass is 10.2. The molecule has 0 fully saturated rings. The van der Waals surface area contributed by atoms with E-state index in [1.165, 1.54) is 20.5 Å². The summed E-state index contributed by atoms with van der Waals surface area (Å²) >= 11 is 3.47. The molecular weight excluding hydrogens is 482 g/mol. The fourth-order valence-corrected chi connectivity index (χ4v) is 3.47. The maximum Gasteiger partial charge on any atom is 0.373 e. The van der Waals surface area contributed by atoms with Crippen LogP contribution in [0.15, 0.2) is 59.5 Å². The predicted molar refractivity (Wildman–Crippen MR) is 121 cm³/mol. The first-order chi connectivity index (χ1) is 15.5. The summed E-state index contributed by atoms with van der Waals surface area (Å²) in [5, 5.41) is 15.6. The molecule has 0 spiro atoms. The van der Waals surface area contributed by atoms with Gasteiger partial charge in [-0.05, 0) is 30.3 Å². The van der Waals surface area contributed by atoms with E-state index in [-0.39, 0.29) is 11.7 Å². The van der Waals surface area contributed by atoms with Gasteiger partial charge in [-0.25, -0.2) is 4.98 Å². The molecule has 0 saturated carbocycles. The van der Waals surface area contributed by atoms with Crippen LogP contribution in [0, 0.1) is 10.1 Å². The second-order valence-corrected chi connectivity index (χ2v) is 7.23. The molecular formula is C21H16BrN5O5. The van der Waals surface area contributed by atoms with E-state index in [9.17, 15) is 10.1 Å². The number of halogens is 1. The molecule has 0 unspecified atom stereocenters. The summed E-state index contributed by atoms with van der Waals surface area (Å²) in [5.41, 5.74) is 0.551. The lowest BCUT2D eigenvalue weighted by Crippen LogP contribution is -2.04. The minimum atomic E-state index is -0.609. The first-order valence-corrected chi connectivity index (χ1v) is 10.0. The molecule has 0 aliphatic rings. The van der Waals surface area contributed by atoms with E-state index in [1.807, 2.05) is 6.07 Å². The summed E-state index contributed by atoms with van der Waals surface area (Å²) in [5.74, 6) is 1.02. The largest absolute Gasteiger partial charge is 0.497 e. The van der Waals surface area contributed by atoms with Crippen molar-refractivity contribution in [2.45, 2.75) is 0 Å². The van der Waals surface area contributed by atoms with Crippen LogP contribution in [0.4, 0.5) is 17.2 Å². The monoisotopic (exact) mass is 497 g/mol. The highest BCUT2D eigenvalue weighted by molar-refractivity contribution is 9.10. The zero-order valence-corrected chi connectivity index (χ0v) is 18.5. The Labute approximate surface area is 190 Å². The van der Waals surface area contributed by atoms with Crippen molar-refractivity contribution in [3.8, 4) is 23.1 Å². The number of nitrogens with zero attached hydrogens (tertiary/aromatic N) is 4. The fraction of sp³-hybridized carbons (Fsp3) is 0.0952. The first kappa shape index (κ1) is 21.2. The molecule has 0 saturated heterocycles. The van der Waals surface area contributed by atoms with Gasteiger partial charge in [-0.2, -0.15) is 4.98 Å². The van der Waals surface area contributed by atoms with Crippen LogP contribution in [0.25, 0.3) is 10.9 Å².